The van der Waals surface area contributed by atoms with Gasteiger partial charge in [0.1, 0.15) is 11.3 Å². The number of hydrogen-bond acceptors (Lipinski definition) is 3. The summed E-state index contributed by atoms with van der Waals surface area (Å²) >= 11 is 6.29. The zero-order chi connectivity index (χ0) is 12.6. The number of nitrogens with zero attached hydrogens (tertiary/aromatic N) is 1. The van der Waals surface area contributed by atoms with E-state index in [-0.39, 0.29) is 6.04 Å². The highest BCUT2D eigenvalue weighted by Crippen LogP contribution is 2.34. The van der Waals surface area contributed by atoms with Gasteiger partial charge in [0.05, 0.1) is 12.1 Å². The predicted molar refractivity (Wildman–Crippen MR) is 70.6 cm³/mol. The molecule has 0 amide bonds. The number of pyridine rings is 1. The van der Waals surface area contributed by atoms with E-state index < -0.39 is 0 Å². The molecule has 90 valence electrons. The summed E-state index contributed by atoms with van der Waals surface area (Å²) in [5, 5.41) is 1.55. The van der Waals surface area contributed by atoms with Crippen molar-refractivity contribution in [2.24, 2.45) is 5.73 Å². The first kappa shape index (κ1) is 12.1. The lowest BCUT2D eigenvalue weighted by Crippen LogP contribution is -2.06. The third-order valence-corrected chi connectivity index (χ3v) is 3.04. The molecule has 0 fully saturated rings. The zero-order valence-electron chi connectivity index (χ0n) is 10.1. The lowest BCUT2D eigenvalue weighted by molar-refractivity contribution is 0.418. The molecular weight excluding hydrogens is 236 g/mol. The third-order valence-electron chi connectivity index (χ3n) is 2.75. The van der Waals surface area contributed by atoms with Crippen LogP contribution in [0, 0.1) is 6.92 Å². The number of aromatic nitrogens is 1. The summed E-state index contributed by atoms with van der Waals surface area (Å²) in [4.78, 5) is 4.49. The topological polar surface area (TPSA) is 48.1 Å². The molecule has 2 rings (SSSR count). The highest BCUT2D eigenvalue weighted by Gasteiger charge is 2.14. The Morgan fingerprint density at radius 1 is 1.41 bits per heavy atom. The van der Waals surface area contributed by atoms with E-state index in [1.54, 1.807) is 7.11 Å². The first-order valence-electron chi connectivity index (χ1n) is 5.44. The average molecular weight is 251 g/mol. The second kappa shape index (κ2) is 4.51. The van der Waals surface area contributed by atoms with Crippen LogP contribution in [0.2, 0.25) is 5.02 Å². The molecular formula is C13H15ClN2O. The standard InChI is InChI=1S/C13H15ClN2O/c1-7-6-10(14)12-9(8(2)15)4-5-11(17-3)13(12)16-7/h4-6,8H,15H2,1-3H3. The molecule has 0 aliphatic carbocycles. The van der Waals surface area contributed by atoms with Gasteiger partial charge in [-0.3, -0.25) is 0 Å². The normalized spacial score (nSPS) is 12.8. The molecule has 1 aromatic carbocycles. The van der Waals surface area contributed by atoms with E-state index in [9.17, 15) is 0 Å². The van der Waals surface area contributed by atoms with Crippen LogP contribution in [0.15, 0.2) is 18.2 Å². The van der Waals surface area contributed by atoms with Gasteiger partial charge in [-0.2, -0.15) is 0 Å². The molecule has 0 saturated carbocycles. The number of ether oxygens (including phenoxy) is 1. The Morgan fingerprint density at radius 2 is 2.12 bits per heavy atom. The van der Waals surface area contributed by atoms with Crippen molar-refractivity contribution in [3.8, 4) is 5.75 Å². The number of hydrogen-bond donors (Lipinski definition) is 1. The van der Waals surface area contributed by atoms with Crippen molar-refractivity contribution >= 4 is 22.5 Å². The van der Waals surface area contributed by atoms with E-state index in [4.69, 9.17) is 22.1 Å². The maximum Gasteiger partial charge on any atom is 0.145 e. The van der Waals surface area contributed by atoms with Crippen LogP contribution in [0.4, 0.5) is 0 Å². The molecule has 2 N–H and O–H groups in total. The van der Waals surface area contributed by atoms with Gasteiger partial charge < -0.3 is 10.5 Å². The van der Waals surface area contributed by atoms with Gasteiger partial charge in [0.15, 0.2) is 0 Å². The SMILES string of the molecule is COc1ccc(C(C)N)c2c(Cl)cc(C)nc12. The van der Waals surface area contributed by atoms with Crippen molar-refractivity contribution < 1.29 is 4.74 Å². The minimum absolute atomic E-state index is 0.0922. The van der Waals surface area contributed by atoms with Gasteiger partial charge >= 0.3 is 0 Å². The van der Waals surface area contributed by atoms with Gasteiger partial charge in [-0.05, 0) is 31.5 Å². The quantitative estimate of drug-likeness (QED) is 0.890. The first-order valence-corrected chi connectivity index (χ1v) is 5.81. The van der Waals surface area contributed by atoms with Crippen molar-refractivity contribution in [2.75, 3.05) is 7.11 Å². The van der Waals surface area contributed by atoms with Crippen LogP contribution >= 0.6 is 11.6 Å². The van der Waals surface area contributed by atoms with Crippen LogP contribution in [0.3, 0.4) is 0 Å². The molecule has 2 aromatic rings. The number of methoxy groups -OCH3 is 1. The summed E-state index contributed by atoms with van der Waals surface area (Å²) in [5.41, 5.74) is 8.57. The molecule has 1 heterocycles. The molecule has 0 aliphatic heterocycles. The largest absolute Gasteiger partial charge is 0.494 e. The van der Waals surface area contributed by atoms with Crippen LogP contribution in [0.5, 0.6) is 5.75 Å². The molecule has 4 heteroatoms. The Bertz CT molecular complexity index is 567. The van der Waals surface area contributed by atoms with Crippen LogP contribution in [-0.2, 0) is 0 Å². The maximum atomic E-state index is 6.29. The third kappa shape index (κ3) is 2.08. The van der Waals surface area contributed by atoms with Crippen molar-refractivity contribution in [1.82, 2.24) is 4.98 Å². The minimum Gasteiger partial charge on any atom is -0.494 e. The van der Waals surface area contributed by atoms with Crippen LogP contribution < -0.4 is 10.5 Å². The van der Waals surface area contributed by atoms with Crippen molar-refractivity contribution in [3.05, 3.63) is 34.5 Å². The fraction of sp³-hybridized carbons (Fsp3) is 0.308. The smallest absolute Gasteiger partial charge is 0.145 e. The summed E-state index contributed by atoms with van der Waals surface area (Å²) in [5.74, 6) is 0.718. The Labute approximate surface area is 106 Å². The molecule has 17 heavy (non-hydrogen) atoms. The molecule has 0 saturated heterocycles. The summed E-state index contributed by atoms with van der Waals surface area (Å²) in [7, 11) is 1.62. The van der Waals surface area contributed by atoms with E-state index in [0.717, 1.165) is 27.9 Å². The van der Waals surface area contributed by atoms with Crippen molar-refractivity contribution in [3.63, 3.8) is 0 Å². The number of benzene rings is 1. The molecule has 0 bridgehead atoms. The molecule has 1 atom stereocenters. The summed E-state index contributed by atoms with van der Waals surface area (Å²) in [6.45, 7) is 3.83. The van der Waals surface area contributed by atoms with Crippen LogP contribution in [0.1, 0.15) is 24.2 Å². The second-order valence-electron chi connectivity index (χ2n) is 4.11. The molecule has 1 unspecified atom stereocenters. The summed E-state index contributed by atoms with van der Waals surface area (Å²) in [6.07, 6.45) is 0. The van der Waals surface area contributed by atoms with Gasteiger partial charge in [0.2, 0.25) is 0 Å². The fourth-order valence-electron chi connectivity index (χ4n) is 1.96. The highest BCUT2D eigenvalue weighted by atomic mass is 35.5. The highest BCUT2D eigenvalue weighted by molar-refractivity contribution is 6.35. The number of fused-ring (bicyclic) bond motifs is 1. The summed E-state index contributed by atoms with van der Waals surface area (Å²) < 4.78 is 5.31. The van der Waals surface area contributed by atoms with Gasteiger partial charge in [0, 0.05) is 17.1 Å². The number of aryl methyl sites for hydroxylation is 1. The fourth-order valence-corrected chi connectivity index (χ4v) is 2.31. The molecule has 1 aromatic heterocycles. The van der Waals surface area contributed by atoms with E-state index in [1.165, 1.54) is 0 Å². The Morgan fingerprint density at radius 3 is 2.71 bits per heavy atom. The lowest BCUT2D eigenvalue weighted by Gasteiger charge is -2.14. The van der Waals surface area contributed by atoms with Gasteiger partial charge in [-0.25, -0.2) is 4.98 Å². The molecule has 3 nitrogen and oxygen atoms in total. The number of halogens is 1. The van der Waals surface area contributed by atoms with Gasteiger partial charge in [-0.15, -0.1) is 0 Å². The van der Waals surface area contributed by atoms with Crippen molar-refractivity contribution in [2.45, 2.75) is 19.9 Å². The van der Waals surface area contributed by atoms with E-state index in [1.807, 2.05) is 32.0 Å². The maximum absolute atomic E-state index is 6.29. The van der Waals surface area contributed by atoms with E-state index in [0.29, 0.717) is 5.02 Å². The predicted octanol–water partition coefficient (Wildman–Crippen LogP) is 3.22. The monoisotopic (exact) mass is 250 g/mol. The Balaban J connectivity index is 2.90. The zero-order valence-corrected chi connectivity index (χ0v) is 10.9. The van der Waals surface area contributed by atoms with Gasteiger partial charge in [0.25, 0.3) is 0 Å². The molecule has 0 aliphatic rings. The first-order chi connectivity index (χ1) is 8.04. The van der Waals surface area contributed by atoms with Crippen LogP contribution in [-0.4, -0.2) is 12.1 Å². The lowest BCUT2D eigenvalue weighted by atomic mass is 10.0. The minimum atomic E-state index is -0.0922. The molecule has 0 spiro atoms. The van der Waals surface area contributed by atoms with E-state index in [2.05, 4.69) is 4.98 Å². The number of nitrogens with two attached hydrogens (primary N) is 1. The van der Waals surface area contributed by atoms with Gasteiger partial charge in [-0.1, -0.05) is 17.7 Å². The number of rotatable bonds is 2. The Kier molecular flexibility index (Phi) is 3.22. The average Bonchev–Trinajstić information content (AvgIpc) is 2.27. The molecule has 0 radical (unpaired) electrons. The summed E-state index contributed by atoms with van der Waals surface area (Å²) in [6, 6.07) is 5.57. The Hall–Kier alpha value is -1.32. The van der Waals surface area contributed by atoms with Crippen LogP contribution in [0.25, 0.3) is 10.9 Å². The van der Waals surface area contributed by atoms with Crippen molar-refractivity contribution in [1.29, 1.82) is 0 Å². The van der Waals surface area contributed by atoms with E-state index >= 15 is 0 Å². The second-order valence-corrected chi connectivity index (χ2v) is 4.52.